The molecular weight excluding hydrogens is 359 g/mol. The molecule has 1 aromatic carbocycles. The molecule has 6 nitrogen and oxygen atoms in total. The number of hydrogen-bond donors (Lipinski definition) is 1. The van der Waals surface area contributed by atoms with Crippen LogP contribution in [-0.2, 0) is 10.0 Å². The van der Waals surface area contributed by atoms with Gasteiger partial charge >= 0.3 is 0 Å². The van der Waals surface area contributed by atoms with Crippen molar-refractivity contribution < 1.29 is 8.42 Å². The van der Waals surface area contributed by atoms with E-state index in [4.69, 9.17) is 23.2 Å². The van der Waals surface area contributed by atoms with Gasteiger partial charge in [-0.25, -0.2) is 13.4 Å². The minimum absolute atomic E-state index is 0.0365. The van der Waals surface area contributed by atoms with Crippen molar-refractivity contribution in [3.63, 3.8) is 0 Å². The summed E-state index contributed by atoms with van der Waals surface area (Å²) in [5.74, 6) is 0.740. The standard InChI is InChI=1S/C14H16Cl2N4O2S/c1-19-6-7-20(9-12(19)14-17-4-5-18-14)23(21,22)13-8-10(15)2-3-11(13)16/h2-5,8,12H,6-7,9H2,1H3,(H,17,18). The number of benzene rings is 1. The Morgan fingerprint density at radius 1 is 1.30 bits per heavy atom. The van der Waals surface area contributed by atoms with Gasteiger partial charge in [-0.05, 0) is 25.2 Å². The highest BCUT2D eigenvalue weighted by Gasteiger charge is 2.35. The third kappa shape index (κ3) is 3.25. The molecule has 9 heteroatoms. The quantitative estimate of drug-likeness (QED) is 0.895. The van der Waals surface area contributed by atoms with Gasteiger partial charge in [0.1, 0.15) is 10.7 Å². The monoisotopic (exact) mass is 374 g/mol. The van der Waals surface area contributed by atoms with E-state index in [-0.39, 0.29) is 16.0 Å². The molecular formula is C14H16Cl2N4O2S. The number of hydrogen-bond acceptors (Lipinski definition) is 4. The number of likely N-dealkylation sites (N-methyl/N-ethyl adjacent to an activating group) is 1. The van der Waals surface area contributed by atoms with Crippen molar-refractivity contribution in [2.24, 2.45) is 0 Å². The van der Waals surface area contributed by atoms with E-state index in [0.29, 0.717) is 24.7 Å². The minimum Gasteiger partial charge on any atom is -0.347 e. The van der Waals surface area contributed by atoms with E-state index < -0.39 is 10.0 Å². The second-order valence-corrected chi connectivity index (χ2v) is 8.16. The van der Waals surface area contributed by atoms with E-state index in [2.05, 4.69) is 14.9 Å². The predicted octanol–water partition coefficient (Wildman–Crippen LogP) is 2.39. The number of imidazole rings is 1. The highest BCUT2D eigenvalue weighted by Crippen LogP contribution is 2.31. The molecule has 1 unspecified atom stereocenters. The van der Waals surface area contributed by atoms with Crippen molar-refractivity contribution in [2.45, 2.75) is 10.9 Å². The molecule has 0 aliphatic carbocycles. The van der Waals surface area contributed by atoms with E-state index in [0.717, 1.165) is 5.82 Å². The Balaban J connectivity index is 1.93. The molecule has 0 spiro atoms. The first kappa shape index (κ1) is 16.7. The SMILES string of the molecule is CN1CCN(S(=O)(=O)c2cc(Cl)ccc2Cl)CC1c1ncc[nH]1. The summed E-state index contributed by atoms with van der Waals surface area (Å²) < 4.78 is 27.3. The average molecular weight is 375 g/mol. The number of rotatable bonds is 3. The van der Waals surface area contributed by atoms with Crippen molar-refractivity contribution in [1.82, 2.24) is 19.2 Å². The molecule has 1 saturated heterocycles. The Labute approximate surface area is 145 Å². The Hall–Kier alpha value is -1.12. The Bertz CT molecular complexity index is 795. The average Bonchev–Trinajstić information content (AvgIpc) is 3.04. The maximum atomic E-state index is 12.9. The van der Waals surface area contributed by atoms with E-state index in [1.54, 1.807) is 18.5 Å². The van der Waals surface area contributed by atoms with E-state index >= 15 is 0 Å². The van der Waals surface area contributed by atoms with E-state index in [9.17, 15) is 8.42 Å². The number of H-pyrrole nitrogens is 1. The Morgan fingerprint density at radius 2 is 2.09 bits per heavy atom. The number of aromatic nitrogens is 2. The molecule has 0 amide bonds. The van der Waals surface area contributed by atoms with Gasteiger partial charge in [-0.3, -0.25) is 4.90 Å². The molecule has 3 rings (SSSR count). The van der Waals surface area contributed by atoms with Gasteiger partial charge < -0.3 is 4.98 Å². The Kier molecular flexibility index (Phi) is 4.66. The van der Waals surface area contributed by atoms with E-state index in [1.165, 1.54) is 16.4 Å². The zero-order valence-corrected chi connectivity index (χ0v) is 14.7. The fourth-order valence-electron chi connectivity index (χ4n) is 2.64. The van der Waals surface area contributed by atoms with Crippen LogP contribution in [0.5, 0.6) is 0 Å². The molecule has 1 aliphatic rings. The smallest absolute Gasteiger partial charge is 0.244 e. The summed E-state index contributed by atoms with van der Waals surface area (Å²) in [6.45, 7) is 1.29. The summed E-state index contributed by atoms with van der Waals surface area (Å²) in [6.07, 6.45) is 3.38. The molecule has 1 atom stereocenters. The summed E-state index contributed by atoms with van der Waals surface area (Å²) in [7, 11) is -1.77. The second-order valence-electron chi connectivity index (χ2n) is 5.41. The first-order chi connectivity index (χ1) is 10.9. The summed E-state index contributed by atoms with van der Waals surface area (Å²) in [4.78, 5) is 9.40. The maximum absolute atomic E-state index is 12.9. The van der Waals surface area contributed by atoms with Crippen LogP contribution in [0.25, 0.3) is 0 Å². The molecule has 0 saturated carbocycles. The van der Waals surface area contributed by atoms with Crippen molar-refractivity contribution in [1.29, 1.82) is 0 Å². The molecule has 1 N–H and O–H groups in total. The number of nitrogens with one attached hydrogen (secondary N) is 1. The van der Waals surface area contributed by atoms with Gasteiger partial charge in [-0.2, -0.15) is 4.31 Å². The lowest BCUT2D eigenvalue weighted by atomic mass is 10.2. The number of aromatic amines is 1. The molecule has 1 fully saturated rings. The molecule has 0 radical (unpaired) electrons. The number of sulfonamides is 1. The highest BCUT2D eigenvalue weighted by molar-refractivity contribution is 7.89. The fraction of sp³-hybridized carbons (Fsp3) is 0.357. The molecule has 2 aromatic rings. The van der Waals surface area contributed by atoms with Crippen LogP contribution in [0.2, 0.25) is 10.0 Å². The van der Waals surface area contributed by atoms with Crippen molar-refractivity contribution in [3.05, 3.63) is 46.5 Å². The van der Waals surface area contributed by atoms with Gasteiger partial charge in [-0.15, -0.1) is 0 Å². The fourth-order valence-corrected chi connectivity index (χ4v) is 4.81. The largest absolute Gasteiger partial charge is 0.347 e. The zero-order chi connectivity index (χ0) is 16.6. The molecule has 2 heterocycles. The molecule has 0 bridgehead atoms. The van der Waals surface area contributed by atoms with Crippen LogP contribution in [0.3, 0.4) is 0 Å². The normalized spacial score (nSPS) is 20.7. The van der Waals surface area contributed by atoms with Crippen molar-refractivity contribution >= 4 is 33.2 Å². The number of nitrogens with zero attached hydrogens (tertiary/aromatic N) is 3. The van der Waals surface area contributed by atoms with Gasteiger partial charge in [0, 0.05) is 37.1 Å². The summed E-state index contributed by atoms with van der Waals surface area (Å²) in [6, 6.07) is 4.32. The van der Waals surface area contributed by atoms with Gasteiger partial charge in [0.2, 0.25) is 10.0 Å². The topological polar surface area (TPSA) is 69.3 Å². The van der Waals surface area contributed by atoms with Crippen LogP contribution in [0.15, 0.2) is 35.5 Å². The molecule has 1 aliphatic heterocycles. The van der Waals surface area contributed by atoms with Gasteiger partial charge in [0.15, 0.2) is 0 Å². The van der Waals surface area contributed by atoms with Gasteiger partial charge in [0.25, 0.3) is 0 Å². The molecule has 23 heavy (non-hydrogen) atoms. The van der Waals surface area contributed by atoms with Crippen molar-refractivity contribution in [3.8, 4) is 0 Å². The summed E-state index contributed by atoms with van der Waals surface area (Å²) >= 11 is 12.0. The zero-order valence-electron chi connectivity index (χ0n) is 12.4. The van der Waals surface area contributed by atoms with Crippen LogP contribution < -0.4 is 0 Å². The number of piperazine rings is 1. The van der Waals surface area contributed by atoms with Gasteiger partial charge in [-0.1, -0.05) is 23.2 Å². The maximum Gasteiger partial charge on any atom is 0.244 e. The molecule has 1 aromatic heterocycles. The minimum atomic E-state index is -3.71. The number of halogens is 2. The third-order valence-corrected chi connectivity index (χ3v) is 6.54. The van der Waals surface area contributed by atoms with Gasteiger partial charge in [0.05, 0.1) is 11.1 Å². The first-order valence-corrected chi connectivity index (χ1v) is 9.24. The van der Waals surface area contributed by atoms with Crippen LogP contribution >= 0.6 is 23.2 Å². The summed E-state index contributed by atoms with van der Waals surface area (Å²) in [5, 5.41) is 0.507. The van der Waals surface area contributed by atoms with Crippen molar-refractivity contribution in [2.75, 3.05) is 26.7 Å². The first-order valence-electron chi connectivity index (χ1n) is 7.04. The predicted molar refractivity (Wildman–Crippen MR) is 89.2 cm³/mol. The highest BCUT2D eigenvalue weighted by atomic mass is 35.5. The van der Waals surface area contributed by atoms with Crippen LogP contribution in [0.4, 0.5) is 0 Å². The van der Waals surface area contributed by atoms with Crippen LogP contribution in [0.1, 0.15) is 11.9 Å². The third-order valence-electron chi connectivity index (χ3n) is 3.96. The lowest BCUT2D eigenvalue weighted by Crippen LogP contribution is -2.49. The van der Waals surface area contributed by atoms with Crippen LogP contribution in [0, 0.1) is 0 Å². The Morgan fingerprint density at radius 3 is 2.78 bits per heavy atom. The van der Waals surface area contributed by atoms with Crippen LogP contribution in [-0.4, -0.2) is 54.3 Å². The second kappa shape index (κ2) is 6.41. The molecule has 124 valence electrons. The lowest BCUT2D eigenvalue weighted by molar-refractivity contribution is 0.142. The summed E-state index contributed by atoms with van der Waals surface area (Å²) in [5.41, 5.74) is 0. The lowest BCUT2D eigenvalue weighted by Gasteiger charge is -2.37. The van der Waals surface area contributed by atoms with E-state index in [1.807, 2.05) is 7.05 Å².